The molecule has 0 saturated heterocycles. The Morgan fingerprint density at radius 1 is 1.18 bits per heavy atom. The molecule has 0 saturated carbocycles. The summed E-state index contributed by atoms with van der Waals surface area (Å²) in [5, 5.41) is 5.16. The third kappa shape index (κ3) is 6.64. The summed E-state index contributed by atoms with van der Waals surface area (Å²) in [5.41, 5.74) is 5.79. The van der Waals surface area contributed by atoms with Crippen LogP contribution in [0.5, 0.6) is 11.5 Å². The number of ether oxygens (including phenoxy) is 3. The van der Waals surface area contributed by atoms with Crippen LogP contribution in [0, 0.1) is 5.92 Å². The number of rotatable bonds is 8. The van der Waals surface area contributed by atoms with Crippen molar-refractivity contribution in [1.29, 1.82) is 0 Å². The lowest BCUT2D eigenvalue weighted by molar-refractivity contribution is -0.148. The Hall–Kier alpha value is -2.97. The summed E-state index contributed by atoms with van der Waals surface area (Å²) in [4.78, 5) is 34.4. The highest BCUT2D eigenvalue weighted by Gasteiger charge is 2.21. The van der Waals surface area contributed by atoms with Gasteiger partial charge in [-0.25, -0.2) is 4.79 Å². The molecule has 1 aliphatic heterocycles. The number of nitrogens with two attached hydrogens (primary N) is 1. The Morgan fingerprint density at radius 3 is 2.57 bits per heavy atom. The maximum atomic E-state index is 12.2. The number of nitrogens with one attached hydrogen (secondary N) is 2. The highest BCUT2D eigenvalue weighted by Crippen LogP contribution is 2.34. The quantitative estimate of drug-likeness (QED) is 0.570. The lowest BCUT2D eigenvalue weighted by Gasteiger charge is -2.23. The summed E-state index contributed by atoms with van der Waals surface area (Å²) in [6, 6.07) is 4.59. The van der Waals surface area contributed by atoms with Gasteiger partial charge in [-0.3, -0.25) is 9.59 Å². The second kappa shape index (κ2) is 10.4. The minimum absolute atomic E-state index is 0.0571. The summed E-state index contributed by atoms with van der Waals surface area (Å²) in [5.74, 6) is 0.434. The molecule has 1 aromatic carbocycles. The van der Waals surface area contributed by atoms with Gasteiger partial charge in [0.2, 0.25) is 0 Å². The molecule has 1 aromatic rings. The van der Waals surface area contributed by atoms with Crippen LogP contribution in [-0.4, -0.2) is 44.3 Å². The summed E-state index contributed by atoms with van der Waals surface area (Å²) in [7, 11) is 0. The second-order valence-corrected chi connectivity index (χ2v) is 6.75. The number of primary amides is 1. The molecule has 0 bridgehead atoms. The standard InChI is InChI=1S/C19H27N3O6/c1-12(2)18(13-4-5-14-15(10-13)27-9-3-8-26-14)22-16(23)11-28-17(24)6-7-21-19(20)25/h4-5,10,12,18H,3,6-9,11H2,1-2H3,(H,22,23)(H3,20,21,25)/t18-/m0/s1. The molecule has 9 nitrogen and oxygen atoms in total. The van der Waals surface area contributed by atoms with Gasteiger partial charge in [-0.2, -0.15) is 0 Å². The maximum absolute atomic E-state index is 12.2. The van der Waals surface area contributed by atoms with E-state index in [2.05, 4.69) is 10.6 Å². The minimum atomic E-state index is -0.722. The number of hydrogen-bond donors (Lipinski definition) is 3. The summed E-state index contributed by atoms with van der Waals surface area (Å²) >= 11 is 0. The van der Waals surface area contributed by atoms with Crippen molar-refractivity contribution in [3.8, 4) is 11.5 Å². The molecule has 2 rings (SSSR count). The Labute approximate surface area is 163 Å². The molecule has 0 aliphatic carbocycles. The van der Waals surface area contributed by atoms with Crippen LogP contribution >= 0.6 is 0 Å². The van der Waals surface area contributed by atoms with E-state index in [0.717, 1.165) is 12.0 Å². The molecule has 28 heavy (non-hydrogen) atoms. The third-order valence-corrected chi connectivity index (χ3v) is 4.11. The summed E-state index contributed by atoms with van der Waals surface area (Å²) < 4.78 is 16.3. The van der Waals surface area contributed by atoms with Gasteiger partial charge in [0, 0.05) is 13.0 Å². The fraction of sp³-hybridized carbons (Fsp3) is 0.526. The van der Waals surface area contributed by atoms with E-state index in [-0.39, 0.29) is 24.9 Å². The van der Waals surface area contributed by atoms with Crippen molar-refractivity contribution in [2.75, 3.05) is 26.4 Å². The van der Waals surface area contributed by atoms with E-state index in [1.165, 1.54) is 0 Å². The number of amides is 3. The SMILES string of the molecule is CC(C)[C@H](NC(=O)COC(=O)CCNC(N)=O)c1ccc2c(c1)OCCCO2. The van der Waals surface area contributed by atoms with E-state index in [4.69, 9.17) is 19.9 Å². The minimum Gasteiger partial charge on any atom is -0.490 e. The number of hydrogen-bond acceptors (Lipinski definition) is 6. The van der Waals surface area contributed by atoms with Crippen LogP contribution in [-0.2, 0) is 14.3 Å². The number of esters is 1. The van der Waals surface area contributed by atoms with Crippen molar-refractivity contribution < 1.29 is 28.6 Å². The topological polar surface area (TPSA) is 129 Å². The fourth-order valence-corrected chi connectivity index (χ4v) is 2.73. The van der Waals surface area contributed by atoms with E-state index in [1.54, 1.807) is 0 Å². The van der Waals surface area contributed by atoms with E-state index in [9.17, 15) is 14.4 Å². The molecular weight excluding hydrogens is 366 g/mol. The van der Waals surface area contributed by atoms with Gasteiger partial charge in [-0.15, -0.1) is 0 Å². The van der Waals surface area contributed by atoms with Crippen LogP contribution in [0.1, 0.15) is 38.3 Å². The molecule has 0 radical (unpaired) electrons. The molecule has 1 heterocycles. The zero-order valence-corrected chi connectivity index (χ0v) is 16.2. The maximum Gasteiger partial charge on any atom is 0.312 e. The summed E-state index contributed by atoms with van der Waals surface area (Å²) in [6.45, 7) is 4.81. The molecule has 0 spiro atoms. The molecule has 0 aromatic heterocycles. The first kappa shape index (κ1) is 21.3. The van der Waals surface area contributed by atoms with Gasteiger partial charge in [-0.1, -0.05) is 19.9 Å². The van der Waals surface area contributed by atoms with E-state index < -0.39 is 24.5 Å². The van der Waals surface area contributed by atoms with E-state index >= 15 is 0 Å². The van der Waals surface area contributed by atoms with Crippen molar-refractivity contribution in [3.05, 3.63) is 23.8 Å². The fourth-order valence-electron chi connectivity index (χ4n) is 2.73. The normalized spacial score (nSPS) is 14.0. The Kier molecular flexibility index (Phi) is 7.91. The number of urea groups is 1. The van der Waals surface area contributed by atoms with Gasteiger partial charge < -0.3 is 30.6 Å². The van der Waals surface area contributed by atoms with Crippen molar-refractivity contribution in [3.63, 3.8) is 0 Å². The van der Waals surface area contributed by atoms with Crippen LogP contribution in [0.2, 0.25) is 0 Å². The first-order valence-electron chi connectivity index (χ1n) is 9.24. The van der Waals surface area contributed by atoms with Crippen LogP contribution in [0.4, 0.5) is 4.79 Å². The van der Waals surface area contributed by atoms with Crippen LogP contribution in [0.25, 0.3) is 0 Å². The number of carbonyl (C=O) groups is 3. The lowest BCUT2D eigenvalue weighted by Crippen LogP contribution is -2.35. The molecule has 0 fully saturated rings. The number of carbonyl (C=O) groups excluding carboxylic acids is 3. The second-order valence-electron chi connectivity index (χ2n) is 6.75. The van der Waals surface area contributed by atoms with Gasteiger partial charge >= 0.3 is 12.0 Å². The molecule has 0 unspecified atom stereocenters. The van der Waals surface area contributed by atoms with Gasteiger partial charge in [-0.05, 0) is 23.6 Å². The molecule has 4 N–H and O–H groups in total. The molecule has 3 amide bonds. The smallest absolute Gasteiger partial charge is 0.312 e. The van der Waals surface area contributed by atoms with Gasteiger partial charge in [0.05, 0.1) is 25.7 Å². The lowest BCUT2D eigenvalue weighted by atomic mass is 9.95. The predicted octanol–water partition coefficient (Wildman–Crippen LogP) is 1.26. The third-order valence-electron chi connectivity index (χ3n) is 4.11. The zero-order valence-electron chi connectivity index (χ0n) is 16.2. The van der Waals surface area contributed by atoms with E-state index in [0.29, 0.717) is 24.7 Å². The van der Waals surface area contributed by atoms with Crippen molar-refractivity contribution >= 4 is 17.9 Å². The first-order chi connectivity index (χ1) is 13.4. The molecule has 154 valence electrons. The number of fused-ring (bicyclic) bond motifs is 1. The highest BCUT2D eigenvalue weighted by molar-refractivity contribution is 5.81. The monoisotopic (exact) mass is 393 g/mol. The Morgan fingerprint density at radius 2 is 1.89 bits per heavy atom. The van der Waals surface area contributed by atoms with Crippen molar-refractivity contribution in [2.24, 2.45) is 11.7 Å². The average molecular weight is 393 g/mol. The molecule has 1 aliphatic rings. The largest absolute Gasteiger partial charge is 0.490 e. The van der Waals surface area contributed by atoms with Gasteiger partial charge in [0.25, 0.3) is 5.91 Å². The Bertz CT molecular complexity index is 707. The highest BCUT2D eigenvalue weighted by atomic mass is 16.5. The van der Waals surface area contributed by atoms with Crippen LogP contribution in [0.15, 0.2) is 18.2 Å². The van der Waals surface area contributed by atoms with Crippen LogP contribution in [0.3, 0.4) is 0 Å². The predicted molar refractivity (Wildman–Crippen MR) is 101 cm³/mol. The average Bonchev–Trinajstić information content (AvgIpc) is 2.88. The first-order valence-corrected chi connectivity index (χ1v) is 9.24. The molecule has 1 atom stereocenters. The van der Waals surface area contributed by atoms with Crippen LogP contribution < -0.4 is 25.8 Å². The number of benzene rings is 1. The van der Waals surface area contributed by atoms with Crippen molar-refractivity contribution in [1.82, 2.24) is 10.6 Å². The van der Waals surface area contributed by atoms with Gasteiger partial charge in [0.15, 0.2) is 18.1 Å². The van der Waals surface area contributed by atoms with Gasteiger partial charge in [0.1, 0.15) is 0 Å². The zero-order chi connectivity index (χ0) is 20.5. The van der Waals surface area contributed by atoms with E-state index in [1.807, 2.05) is 32.0 Å². The van der Waals surface area contributed by atoms with Crippen molar-refractivity contribution in [2.45, 2.75) is 32.7 Å². The Balaban J connectivity index is 1.92. The molecule has 9 heteroatoms. The summed E-state index contributed by atoms with van der Waals surface area (Å²) in [6.07, 6.45) is 0.751. The molecular formula is C19H27N3O6.